The van der Waals surface area contributed by atoms with Crippen LogP contribution in [0.2, 0.25) is 0 Å². The molecule has 0 amide bonds. The Kier molecular flexibility index (Phi) is 3.66. The number of halogens is 2. The van der Waals surface area contributed by atoms with Crippen LogP contribution in [0, 0.1) is 11.6 Å². The van der Waals surface area contributed by atoms with Crippen LogP contribution >= 0.6 is 0 Å². The molecule has 1 aromatic heterocycles. The molecule has 2 N–H and O–H groups in total. The van der Waals surface area contributed by atoms with Gasteiger partial charge in [0.15, 0.2) is 0 Å². The van der Waals surface area contributed by atoms with Crippen molar-refractivity contribution in [1.29, 1.82) is 0 Å². The van der Waals surface area contributed by atoms with E-state index in [0.717, 1.165) is 6.07 Å². The summed E-state index contributed by atoms with van der Waals surface area (Å²) in [7, 11) is 0. The molecule has 6 heteroatoms. The summed E-state index contributed by atoms with van der Waals surface area (Å²) in [4.78, 5) is 3.82. The zero-order chi connectivity index (χ0) is 13.1. The average Bonchev–Trinajstić information content (AvgIpc) is 2.79. The average molecular weight is 252 g/mol. The molecule has 1 aromatic carbocycles. The SMILES string of the molecule is C[C@@H](N)[C@@H](Cn1cncn1)c1ccc(F)cc1F. The highest BCUT2D eigenvalue weighted by Crippen LogP contribution is 2.24. The number of aromatic nitrogens is 3. The van der Waals surface area contributed by atoms with Gasteiger partial charge >= 0.3 is 0 Å². The van der Waals surface area contributed by atoms with Crippen molar-refractivity contribution in [3.63, 3.8) is 0 Å². The third kappa shape index (κ3) is 2.70. The van der Waals surface area contributed by atoms with Crippen LogP contribution in [0.3, 0.4) is 0 Å². The molecule has 18 heavy (non-hydrogen) atoms. The minimum absolute atomic E-state index is 0.283. The van der Waals surface area contributed by atoms with Crippen LogP contribution in [0.25, 0.3) is 0 Å². The van der Waals surface area contributed by atoms with Gasteiger partial charge in [-0.1, -0.05) is 6.07 Å². The van der Waals surface area contributed by atoms with Gasteiger partial charge in [-0.25, -0.2) is 13.8 Å². The fraction of sp³-hybridized carbons (Fsp3) is 0.333. The van der Waals surface area contributed by atoms with Gasteiger partial charge in [0, 0.05) is 18.0 Å². The quantitative estimate of drug-likeness (QED) is 0.900. The first-order valence-electron chi connectivity index (χ1n) is 5.61. The predicted octanol–water partition coefficient (Wildman–Crippen LogP) is 1.69. The van der Waals surface area contributed by atoms with Crippen LogP contribution in [-0.2, 0) is 6.54 Å². The topological polar surface area (TPSA) is 56.7 Å². The zero-order valence-corrected chi connectivity index (χ0v) is 9.92. The molecule has 0 bridgehead atoms. The first-order valence-corrected chi connectivity index (χ1v) is 5.61. The second-order valence-corrected chi connectivity index (χ2v) is 4.25. The number of nitrogens with zero attached hydrogens (tertiary/aromatic N) is 3. The molecule has 0 fully saturated rings. The van der Waals surface area contributed by atoms with Crippen LogP contribution < -0.4 is 5.73 Å². The number of benzene rings is 1. The van der Waals surface area contributed by atoms with Gasteiger partial charge < -0.3 is 5.73 Å². The lowest BCUT2D eigenvalue weighted by Gasteiger charge is -2.21. The Hall–Kier alpha value is -1.82. The summed E-state index contributed by atoms with van der Waals surface area (Å²) < 4.78 is 28.2. The van der Waals surface area contributed by atoms with Crippen molar-refractivity contribution in [1.82, 2.24) is 14.8 Å². The number of hydrogen-bond acceptors (Lipinski definition) is 3. The number of hydrogen-bond donors (Lipinski definition) is 1. The Bertz CT molecular complexity index is 511. The number of rotatable bonds is 4. The second-order valence-electron chi connectivity index (χ2n) is 4.25. The summed E-state index contributed by atoms with van der Waals surface area (Å²) in [5.74, 6) is -1.47. The molecule has 4 nitrogen and oxygen atoms in total. The molecule has 2 rings (SSSR count). The van der Waals surface area contributed by atoms with Crippen molar-refractivity contribution < 1.29 is 8.78 Å². The minimum Gasteiger partial charge on any atom is -0.327 e. The van der Waals surface area contributed by atoms with E-state index < -0.39 is 11.6 Å². The highest BCUT2D eigenvalue weighted by atomic mass is 19.1. The maximum Gasteiger partial charge on any atom is 0.137 e. The molecular formula is C12H14F2N4. The third-order valence-corrected chi connectivity index (χ3v) is 2.85. The van der Waals surface area contributed by atoms with Crippen molar-refractivity contribution in [3.8, 4) is 0 Å². The maximum absolute atomic E-state index is 13.7. The van der Waals surface area contributed by atoms with E-state index in [4.69, 9.17) is 5.73 Å². The van der Waals surface area contributed by atoms with Crippen molar-refractivity contribution in [2.45, 2.75) is 25.4 Å². The van der Waals surface area contributed by atoms with Gasteiger partial charge in [-0.3, -0.25) is 4.68 Å². The summed E-state index contributed by atoms with van der Waals surface area (Å²) in [6, 6.07) is 3.24. The number of nitrogens with two attached hydrogens (primary N) is 1. The summed E-state index contributed by atoms with van der Waals surface area (Å²) >= 11 is 0. The monoisotopic (exact) mass is 252 g/mol. The van der Waals surface area contributed by atoms with Gasteiger partial charge in [0.1, 0.15) is 24.3 Å². The van der Waals surface area contributed by atoms with Gasteiger partial charge in [-0.05, 0) is 18.6 Å². The van der Waals surface area contributed by atoms with Crippen LogP contribution in [0.4, 0.5) is 8.78 Å². The van der Waals surface area contributed by atoms with Crippen LogP contribution in [0.5, 0.6) is 0 Å². The molecule has 2 atom stereocenters. The molecule has 1 heterocycles. The van der Waals surface area contributed by atoms with E-state index in [9.17, 15) is 8.78 Å². The molecule has 0 aliphatic carbocycles. The fourth-order valence-electron chi connectivity index (χ4n) is 1.88. The molecule has 0 unspecified atom stereocenters. The molecule has 0 spiro atoms. The normalized spacial score (nSPS) is 14.4. The molecular weight excluding hydrogens is 238 g/mol. The van der Waals surface area contributed by atoms with Crippen molar-refractivity contribution in [2.24, 2.45) is 5.73 Å². The van der Waals surface area contributed by atoms with E-state index in [0.29, 0.717) is 12.1 Å². The molecule has 0 aliphatic rings. The molecule has 0 saturated heterocycles. The lowest BCUT2D eigenvalue weighted by molar-refractivity contribution is 0.440. The summed E-state index contributed by atoms with van der Waals surface area (Å²) in [6.45, 7) is 2.19. The molecule has 0 aliphatic heterocycles. The Morgan fingerprint density at radius 2 is 2.17 bits per heavy atom. The van der Waals surface area contributed by atoms with E-state index >= 15 is 0 Å². The van der Waals surface area contributed by atoms with Crippen molar-refractivity contribution in [2.75, 3.05) is 0 Å². The van der Waals surface area contributed by atoms with E-state index in [1.807, 2.05) is 0 Å². The largest absolute Gasteiger partial charge is 0.327 e. The minimum atomic E-state index is -0.597. The summed E-state index contributed by atoms with van der Waals surface area (Å²) in [6.07, 6.45) is 2.94. The smallest absolute Gasteiger partial charge is 0.137 e. The molecule has 0 radical (unpaired) electrons. The van der Waals surface area contributed by atoms with Gasteiger partial charge in [-0.15, -0.1) is 0 Å². The Morgan fingerprint density at radius 1 is 1.39 bits per heavy atom. The second kappa shape index (κ2) is 5.22. The van der Waals surface area contributed by atoms with Crippen LogP contribution in [-0.4, -0.2) is 20.8 Å². The van der Waals surface area contributed by atoms with Crippen LogP contribution in [0.15, 0.2) is 30.9 Å². The van der Waals surface area contributed by atoms with E-state index in [2.05, 4.69) is 10.1 Å². The van der Waals surface area contributed by atoms with E-state index in [1.165, 1.54) is 24.8 Å². The lowest BCUT2D eigenvalue weighted by Crippen LogP contribution is -2.29. The van der Waals surface area contributed by atoms with E-state index in [-0.39, 0.29) is 12.0 Å². The summed E-state index contributed by atoms with van der Waals surface area (Å²) in [5, 5.41) is 3.96. The van der Waals surface area contributed by atoms with Gasteiger partial charge in [0.2, 0.25) is 0 Å². The predicted molar refractivity (Wildman–Crippen MR) is 62.8 cm³/mol. The van der Waals surface area contributed by atoms with Crippen LogP contribution in [0.1, 0.15) is 18.4 Å². The Balaban J connectivity index is 2.29. The van der Waals surface area contributed by atoms with E-state index in [1.54, 1.807) is 11.6 Å². The molecule has 96 valence electrons. The first-order chi connectivity index (χ1) is 8.58. The summed E-state index contributed by atoms with van der Waals surface area (Å²) in [5.41, 5.74) is 6.26. The third-order valence-electron chi connectivity index (χ3n) is 2.85. The standard InChI is InChI=1S/C12H14F2N4/c1-8(15)11(5-18-7-16-6-17-18)10-3-2-9(13)4-12(10)14/h2-4,6-8,11H,5,15H2,1H3/t8-,11-/m1/s1. The Morgan fingerprint density at radius 3 is 2.72 bits per heavy atom. The first kappa shape index (κ1) is 12.6. The van der Waals surface area contributed by atoms with Crippen molar-refractivity contribution >= 4 is 0 Å². The highest BCUT2D eigenvalue weighted by molar-refractivity contribution is 5.23. The fourth-order valence-corrected chi connectivity index (χ4v) is 1.88. The van der Waals surface area contributed by atoms with Gasteiger partial charge in [-0.2, -0.15) is 5.10 Å². The highest BCUT2D eigenvalue weighted by Gasteiger charge is 2.21. The van der Waals surface area contributed by atoms with Gasteiger partial charge in [0.05, 0.1) is 6.54 Å². The molecule has 2 aromatic rings. The van der Waals surface area contributed by atoms with Gasteiger partial charge in [0.25, 0.3) is 0 Å². The lowest BCUT2D eigenvalue weighted by atomic mass is 9.92. The van der Waals surface area contributed by atoms with Crippen molar-refractivity contribution in [3.05, 3.63) is 48.1 Å². The zero-order valence-electron chi connectivity index (χ0n) is 9.92. The maximum atomic E-state index is 13.7. The Labute approximate surface area is 103 Å². The molecule has 0 saturated carbocycles.